The number of amides is 4. The summed E-state index contributed by atoms with van der Waals surface area (Å²) in [6.07, 6.45) is -0.527. The SMILES string of the molecule is CNC(=O)n1c2ccc(OC(=O)N(C)CCN(C)C)cc2c2c3c(cc(C)c21)C(=O)NC3=O.Cl. The molecule has 1 aliphatic heterocycles. The Morgan fingerprint density at radius 3 is 2.44 bits per heavy atom. The van der Waals surface area contributed by atoms with Gasteiger partial charge in [-0.25, -0.2) is 9.59 Å². The number of rotatable bonds is 4. The van der Waals surface area contributed by atoms with Gasteiger partial charge in [0.1, 0.15) is 5.75 Å². The van der Waals surface area contributed by atoms with E-state index in [1.165, 1.54) is 16.5 Å². The molecule has 10 nitrogen and oxygen atoms in total. The van der Waals surface area contributed by atoms with E-state index in [2.05, 4.69) is 10.6 Å². The van der Waals surface area contributed by atoms with E-state index in [9.17, 15) is 19.2 Å². The second kappa shape index (κ2) is 9.32. The molecule has 11 heteroatoms. The monoisotopic (exact) mass is 487 g/mol. The van der Waals surface area contributed by atoms with Gasteiger partial charge in [-0.2, -0.15) is 0 Å². The highest BCUT2D eigenvalue weighted by atomic mass is 35.5. The average molecular weight is 488 g/mol. The molecular formula is C23H26ClN5O5. The third-order valence-electron chi connectivity index (χ3n) is 5.71. The van der Waals surface area contributed by atoms with Crippen molar-refractivity contribution in [2.75, 3.05) is 41.3 Å². The third kappa shape index (κ3) is 4.06. The lowest BCUT2D eigenvalue weighted by Crippen LogP contribution is -2.35. The molecule has 0 unspecified atom stereocenters. The number of likely N-dealkylation sites (N-methyl/N-ethyl adjacent to an activating group) is 2. The van der Waals surface area contributed by atoms with Gasteiger partial charge in [0.15, 0.2) is 0 Å². The van der Waals surface area contributed by atoms with Crippen molar-refractivity contribution in [3.8, 4) is 5.75 Å². The molecular weight excluding hydrogens is 462 g/mol. The van der Waals surface area contributed by atoms with Crippen molar-refractivity contribution in [2.45, 2.75) is 6.92 Å². The second-order valence-corrected chi connectivity index (χ2v) is 8.29. The minimum atomic E-state index is -0.527. The van der Waals surface area contributed by atoms with E-state index in [4.69, 9.17) is 4.74 Å². The van der Waals surface area contributed by atoms with Gasteiger partial charge in [-0.3, -0.25) is 19.5 Å². The van der Waals surface area contributed by atoms with Crippen molar-refractivity contribution in [3.63, 3.8) is 0 Å². The molecule has 1 aromatic heterocycles. The van der Waals surface area contributed by atoms with Gasteiger partial charge in [-0.05, 0) is 50.8 Å². The van der Waals surface area contributed by atoms with Gasteiger partial charge in [0.2, 0.25) is 0 Å². The Hall–Kier alpha value is -3.63. The first-order valence-electron chi connectivity index (χ1n) is 10.4. The lowest BCUT2D eigenvalue weighted by Gasteiger charge is -2.19. The smallest absolute Gasteiger partial charge is 0.410 e. The van der Waals surface area contributed by atoms with E-state index >= 15 is 0 Å². The molecule has 0 saturated carbocycles. The van der Waals surface area contributed by atoms with E-state index in [1.54, 1.807) is 38.2 Å². The van der Waals surface area contributed by atoms with Crippen LogP contribution in [0, 0.1) is 6.92 Å². The first-order valence-corrected chi connectivity index (χ1v) is 10.4. The number of nitrogens with zero attached hydrogens (tertiary/aromatic N) is 3. The topological polar surface area (TPSA) is 113 Å². The molecule has 4 rings (SSSR count). The fourth-order valence-electron chi connectivity index (χ4n) is 4.04. The molecule has 4 amide bonds. The molecule has 1 aliphatic rings. The molecule has 34 heavy (non-hydrogen) atoms. The van der Waals surface area contributed by atoms with Crippen molar-refractivity contribution in [2.24, 2.45) is 0 Å². The van der Waals surface area contributed by atoms with Crippen molar-refractivity contribution in [1.82, 2.24) is 25.0 Å². The molecule has 0 saturated heterocycles. The standard InChI is InChI=1S/C23H25N5O5.ClH/c1-12-10-15-18(21(30)25-20(15)29)17-14-11-13(33-23(32)27(5)9-8-26(3)4)6-7-16(14)28(19(12)17)22(31)24-2;/h6-7,10-11H,8-9H2,1-5H3,(H,24,31)(H,25,29,30);1H. The summed E-state index contributed by atoms with van der Waals surface area (Å²) in [6, 6.07) is 6.09. The van der Waals surface area contributed by atoms with Crippen LogP contribution in [0.4, 0.5) is 9.59 Å². The Kier molecular flexibility index (Phi) is 6.85. The Bertz CT molecular complexity index is 1350. The van der Waals surface area contributed by atoms with Crippen LogP contribution in [0.15, 0.2) is 24.3 Å². The molecule has 180 valence electrons. The summed E-state index contributed by atoms with van der Waals surface area (Å²) in [7, 11) is 6.99. The van der Waals surface area contributed by atoms with E-state index in [0.717, 1.165) is 0 Å². The maximum atomic E-state index is 12.8. The molecule has 2 N–H and O–H groups in total. The van der Waals surface area contributed by atoms with Gasteiger partial charge in [-0.1, -0.05) is 0 Å². The first-order chi connectivity index (χ1) is 15.6. The molecule has 2 aromatic carbocycles. The number of fused-ring (bicyclic) bond motifs is 5. The minimum Gasteiger partial charge on any atom is -0.410 e. The summed E-state index contributed by atoms with van der Waals surface area (Å²) in [5.74, 6) is -0.743. The average Bonchev–Trinajstić information content (AvgIpc) is 3.25. The fourth-order valence-corrected chi connectivity index (χ4v) is 4.04. The number of hydrogen-bond acceptors (Lipinski definition) is 6. The number of benzene rings is 2. The highest BCUT2D eigenvalue weighted by molar-refractivity contribution is 6.31. The summed E-state index contributed by atoms with van der Waals surface area (Å²) in [6.45, 7) is 2.94. The number of carbonyl (C=O) groups excluding carboxylic acids is 4. The van der Waals surface area contributed by atoms with E-state index in [-0.39, 0.29) is 29.3 Å². The van der Waals surface area contributed by atoms with Crippen LogP contribution >= 0.6 is 12.4 Å². The zero-order valence-electron chi connectivity index (χ0n) is 19.5. The first kappa shape index (κ1) is 25.0. The summed E-state index contributed by atoms with van der Waals surface area (Å²) >= 11 is 0. The minimum absolute atomic E-state index is 0. The van der Waals surface area contributed by atoms with Gasteiger partial charge in [0, 0.05) is 38.0 Å². The van der Waals surface area contributed by atoms with Gasteiger partial charge < -0.3 is 19.9 Å². The lowest BCUT2D eigenvalue weighted by atomic mass is 9.99. The largest absolute Gasteiger partial charge is 0.415 e. The molecule has 2 heterocycles. The van der Waals surface area contributed by atoms with E-state index in [0.29, 0.717) is 40.5 Å². The van der Waals surface area contributed by atoms with Crippen LogP contribution in [0.5, 0.6) is 5.75 Å². The normalized spacial score (nSPS) is 12.5. The summed E-state index contributed by atoms with van der Waals surface area (Å²) in [5.41, 5.74) is 2.16. The van der Waals surface area contributed by atoms with Crippen LogP contribution in [0.1, 0.15) is 26.3 Å². The maximum Gasteiger partial charge on any atom is 0.415 e. The van der Waals surface area contributed by atoms with Crippen LogP contribution in [-0.4, -0.2) is 79.6 Å². The van der Waals surface area contributed by atoms with Gasteiger partial charge in [0.05, 0.1) is 22.2 Å². The van der Waals surface area contributed by atoms with Crippen LogP contribution in [-0.2, 0) is 0 Å². The predicted molar refractivity (Wildman–Crippen MR) is 130 cm³/mol. The van der Waals surface area contributed by atoms with Crippen LogP contribution in [0.3, 0.4) is 0 Å². The van der Waals surface area contributed by atoms with E-state index < -0.39 is 23.9 Å². The zero-order chi connectivity index (χ0) is 24.0. The highest BCUT2D eigenvalue weighted by Gasteiger charge is 2.33. The van der Waals surface area contributed by atoms with Gasteiger partial charge in [-0.15, -0.1) is 12.4 Å². The molecule has 0 fully saturated rings. The van der Waals surface area contributed by atoms with Gasteiger partial charge >= 0.3 is 12.1 Å². The Labute approximate surface area is 202 Å². The van der Waals surface area contributed by atoms with Crippen molar-refractivity contribution in [1.29, 1.82) is 0 Å². The maximum absolute atomic E-state index is 12.8. The highest BCUT2D eigenvalue weighted by Crippen LogP contribution is 2.38. The number of imide groups is 1. The number of aromatic nitrogens is 1. The van der Waals surface area contributed by atoms with Crippen LogP contribution in [0.25, 0.3) is 21.8 Å². The third-order valence-corrected chi connectivity index (χ3v) is 5.71. The van der Waals surface area contributed by atoms with Gasteiger partial charge in [0.25, 0.3) is 11.8 Å². The number of hydrogen-bond donors (Lipinski definition) is 2. The summed E-state index contributed by atoms with van der Waals surface area (Å²) in [4.78, 5) is 53.7. The molecule has 0 atom stereocenters. The number of halogens is 1. The fraction of sp³-hybridized carbons (Fsp3) is 0.304. The number of carbonyl (C=O) groups is 4. The number of nitrogens with one attached hydrogen (secondary N) is 2. The summed E-state index contributed by atoms with van der Waals surface area (Å²) in [5, 5.41) is 5.92. The van der Waals surface area contributed by atoms with Crippen molar-refractivity contribution >= 4 is 58.2 Å². The van der Waals surface area contributed by atoms with Crippen LogP contribution in [0.2, 0.25) is 0 Å². The quantitative estimate of drug-likeness (QED) is 0.547. The molecule has 0 radical (unpaired) electrons. The van der Waals surface area contributed by atoms with Crippen molar-refractivity contribution < 1.29 is 23.9 Å². The molecule has 0 spiro atoms. The van der Waals surface area contributed by atoms with E-state index in [1.807, 2.05) is 19.0 Å². The molecule has 0 aliphatic carbocycles. The number of ether oxygens (including phenoxy) is 1. The van der Waals surface area contributed by atoms with Crippen molar-refractivity contribution in [3.05, 3.63) is 41.0 Å². The molecule has 0 bridgehead atoms. The van der Waals surface area contributed by atoms with Crippen LogP contribution < -0.4 is 15.4 Å². The predicted octanol–water partition coefficient (Wildman–Crippen LogP) is 2.59. The summed E-state index contributed by atoms with van der Waals surface area (Å²) < 4.78 is 7.01. The Balaban J connectivity index is 0.00000324. The Morgan fingerprint density at radius 1 is 1.09 bits per heavy atom. The second-order valence-electron chi connectivity index (χ2n) is 8.29. The zero-order valence-corrected chi connectivity index (χ0v) is 20.3. The number of aryl methyl sites for hydroxylation is 1. The lowest BCUT2D eigenvalue weighted by molar-refractivity contribution is 0.0880. The molecule has 3 aromatic rings. The Morgan fingerprint density at radius 2 is 1.79 bits per heavy atom.